The van der Waals surface area contributed by atoms with Crippen LogP contribution in [-0.2, 0) is 17.7 Å². The molecule has 0 spiro atoms. The van der Waals surface area contributed by atoms with Gasteiger partial charge < -0.3 is 15.0 Å². The largest absolute Gasteiger partial charge is 0.444 e. The normalized spacial score (nSPS) is 11.7. The summed E-state index contributed by atoms with van der Waals surface area (Å²) in [4.78, 5) is 24.7. The van der Waals surface area contributed by atoms with Crippen LogP contribution in [0.2, 0.25) is 5.02 Å². The molecule has 3 heterocycles. The molecular formula is C23H22ClFN4O2S. The molecule has 4 aromatic rings. The molecule has 166 valence electrons. The highest BCUT2D eigenvalue weighted by molar-refractivity contribution is 7.15. The predicted octanol–water partition coefficient (Wildman–Crippen LogP) is 6.09. The maximum Gasteiger partial charge on any atom is 0.407 e. The van der Waals surface area contributed by atoms with Gasteiger partial charge in [-0.3, -0.25) is 0 Å². The fourth-order valence-electron chi connectivity index (χ4n) is 3.21. The number of hydrogen-bond donors (Lipinski definition) is 2. The number of H-pyrrole nitrogens is 1. The quantitative estimate of drug-likeness (QED) is 0.368. The van der Waals surface area contributed by atoms with Crippen molar-refractivity contribution < 1.29 is 13.9 Å². The summed E-state index contributed by atoms with van der Waals surface area (Å²) >= 11 is 7.50. The lowest BCUT2D eigenvalue weighted by Gasteiger charge is -2.19. The number of fused-ring (bicyclic) bond motifs is 1. The Balaban J connectivity index is 1.50. The molecule has 9 heteroatoms. The van der Waals surface area contributed by atoms with Crippen molar-refractivity contribution in [1.29, 1.82) is 0 Å². The predicted molar refractivity (Wildman–Crippen MR) is 124 cm³/mol. The summed E-state index contributed by atoms with van der Waals surface area (Å²) in [6.45, 7) is 5.61. The Kier molecular flexibility index (Phi) is 6.17. The highest BCUT2D eigenvalue weighted by Gasteiger charge is 2.17. The molecule has 0 unspecified atom stereocenters. The van der Waals surface area contributed by atoms with Crippen molar-refractivity contribution >= 4 is 40.1 Å². The molecular weight excluding hydrogens is 451 g/mol. The molecule has 4 rings (SSSR count). The number of aromatic nitrogens is 3. The van der Waals surface area contributed by atoms with E-state index in [4.69, 9.17) is 16.3 Å². The Hall–Kier alpha value is -2.97. The molecule has 1 aromatic carbocycles. The third-order valence-electron chi connectivity index (χ3n) is 4.60. The Bertz CT molecular complexity index is 1280. The number of pyridine rings is 1. The Morgan fingerprint density at radius 1 is 1.25 bits per heavy atom. The van der Waals surface area contributed by atoms with Crippen molar-refractivity contribution in [1.82, 2.24) is 20.3 Å². The van der Waals surface area contributed by atoms with E-state index < -0.39 is 11.7 Å². The summed E-state index contributed by atoms with van der Waals surface area (Å²) in [5.74, 6) is -0.366. The smallest absolute Gasteiger partial charge is 0.407 e. The zero-order valence-corrected chi connectivity index (χ0v) is 19.4. The van der Waals surface area contributed by atoms with Crippen LogP contribution in [0.25, 0.3) is 21.6 Å². The first-order chi connectivity index (χ1) is 15.2. The van der Waals surface area contributed by atoms with Crippen molar-refractivity contribution in [3.05, 3.63) is 69.7 Å². The van der Waals surface area contributed by atoms with E-state index in [1.807, 2.05) is 12.3 Å². The van der Waals surface area contributed by atoms with E-state index in [9.17, 15) is 9.18 Å². The number of benzene rings is 1. The number of ether oxygens (including phenoxy) is 1. The average Bonchev–Trinajstić information content (AvgIpc) is 3.33. The Morgan fingerprint density at radius 3 is 2.84 bits per heavy atom. The van der Waals surface area contributed by atoms with Gasteiger partial charge in [0, 0.05) is 47.4 Å². The van der Waals surface area contributed by atoms with Crippen molar-refractivity contribution in [2.45, 2.75) is 39.3 Å². The van der Waals surface area contributed by atoms with Gasteiger partial charge in [-0.25, -0.2) is 19.2 Å². The van der Waals surface area contributed by atoms with Gasteiger partial charge in [-0.05, 0) is 50.1 Å². The van der Waals surface area contributed by atoms with Crippen LogP contribution in [0.5, 0.6) is 0 Å². The van der Waals surface area contributed by atoms with Crippen LogP contribution >= 0.6 is 22.9 Å². The molecule has 0 aliphatic carbocycles. The molecule has 0 atom stereocenters. The SMILES string of the molecule is CC(C)(C)OC(=O)NCc1ccc(F)c(-c2ncc(Cc3c[nH]c4ncc(Cl)cc34)s2)c1. The van der Waals surface area contributed by atoms with Gasteiger partial charge in [-0.15, -0.1) is 11.3 Å². The van der Waals surface area contributed by atoms with Crippen LogP contribution in [-0.4, -0.2) is 26.6 Å². The molecule has 32 heavy (non-hydrogen) atoms. The van der Waals surface area contributed by atoms with Crippen molar-refractivity contribution in [3.8, 4) is 10.6 Å². The van der Waals surface area contributed by atoms with Gasteiger partial charge >= 0.3 is 6.09 Å². The number of amides is 1. The lowest BCUT2D eigenvalue weighted by molar-refractivity contribution is 0.0523. The van der Waals surface area contributed by atoms with E-state index in [1.54, 1.807) is 45.3 Å². The second kappa shape index (κ2) is 8.88. The zero-order valence-electron chi connectivity index (χ0n) is 17.8. The number of hydrogen-bond acceptors (Lipinski definition) is 5. The van der Waals surface area contributed by atoms with Gasteiger partial charge in [0.05, 0.1) is 5.02 Å². The van der Waals surface area contributed by atoms with Crippen molar-refractivity contribution in [3.63, 3.8) is 0 Å². The van der Waals surface area contributed by atoms with Gasteiger partial charge in [0.1, 0.15) is 22.1 Å². The molecule has 0 fully saturated rings. The summed E-state index contributed by atoms with van der Waals surface area (Å²) in [5.41, 5.74) is 2.38. The zero-order chi connectivity index (χ0) is 22.9. The minimum Gasteiger partial charge on any atom is -0.444 e. The fourth-order valence-corrected chi connectivity index (χ4v) is 4.33. The molecule has 3 aromatic heterocycles. The minimum absolute atomic E-state index is 0.226. The first-order valence-electron chi connectivity index (χ1n) is 10.00. The fraction of sp³-hybridized carbons (Fsp3) is 0.261. The van der Waals surface area contributed by atoms with E-state index >= 15 is 0 Å². The summed E-state index contributed by atoms with van der Waals surface area (Å²) in [6, 6.07) is 6.59. The molecule has 0 bridgehead atoms. The van der Waals surface area contributed by atoms with E-state index in [1.165, 1.54) is 17.4 Å². The highest BCUT2D eigenvalue weighted by atomic mass is 35.5. The third-order valence-corrected chi connectivity index (χ3v) is 5.84. The van der Waals surface area contributed by atoms with E-state index in [-0.39, 0.29) is 12.4 Å². The lowest BCUT2D eigenvalue weighted by atomic mass is 10.1. The number of halogens is 2. The monoisotopic (exact) mass is 472 g/mol. The first-order valence-corrected chi connectivity index (χ1v) is 11.2. The molecule has 2 N–H and O–H groups in total. The second-order valence-corrected chi connectivity index (χ2v) is 9.89. The summed E-state index contributed by atoms with van der Waals surface area (Å²) < 4.78 is 19.8. The van der Waals surface area contributed by atoms with E-state index in [0.717, 1.165) is 27.0 Å². The van der Waals surface area contributed by atoms with E-state index in [0.29, 0.717) is 22.0 Å². The summed E-state index contributed by atoms with van der Waals surface area (Å²) in [7, 11) is 0. The van der Waals surface area contributed by atoms with Crippen LogP contribution in [0.15, 0.2) is 42.9 Å². The molecule has 0 saturated heterocycles. The molecule has 0 aliphatic rings. The average molecular weight is 473 g/mol. The number of aromatic amines is 1. The third kappa shape index (κ3) is 5.26. The van der Waals surface area contributed by atoms with Crippen LogP contribution < -0.4 is 5.32 Å². The van der Waals surface area contributed by atoms with Crippen LogP contribution in [0.3, 0.4) is 0 Å². The van der Waals surface area contributed by atoms with Gasteiger partial charge in [-0.1, -0.05) is 17.7 Å². The Morgan fingerprint density at radius 2 is 2.06 bits per heavy atom. The number of carbonyl (C=O) groups excluding carboxylic acids is 1. The van der Waals surface area contributed by atoms with Gasteiger partial charge in [-0.2, -0.15) is 0 Å². The molecule has 1 amide bonds. The summed E-state index contributed by atoms with van der Waals surface area (Å²) in [5, 5.41) is 4.79. The lowest BCUT2D eigenvalue weighted by Crippen LogP contribution is -2.32. The number of rotatable bonds is 5. The van der Waals surface area contributed by atoms with Crippen molar-refractivity contribution in [2.24, 2.45) is 0 Å². The number of nitrogens with zero attached hydrogens (tertiary/aromatic N) is 2. The number of carbonyl (C=O) groups is 1. The number of nitrogens with one attached hydrogen (secondary N) is 2. The maximum atomic E-state index is 14.5. The van der Waals surface area contributed by atoms with E-state index in [2.05, 4.69) is 20.3 Å². The Labute approximate surface area is 193 Å². The first kappa shape index (κ1) is 22.2. The second-order valence-electron chi connectivity index (χ2n) is 8.34. The molecule has 0 saturated carbocycles. The van der Waals surface area contributed by atoms with Crippen molar-refractivity contribution in [2.75, 3.05) is 0 Å². The summed E-state index contributed by atoms with van der Waals surface area (Å²) in [6.07, 6.45) is 5.36. The number of thiazole rings is 1. The molecule has 0 radical (unpaired) electrons. The van der Waals surface area contributed by atoms with Crippen LogP contribution in [0.1, 0.15) is 36.8 Å². The maximum absolute atomic E-state index is 14.5. The van der Waals surface area contributed by atoms with Crippen LogP contribution in [0, 0.1) is 5.82 Å². The number of alkyl carbamates (subject to hydrolysis) is 1. The topological polar surface area (TPSA) is 79.9 Å². The molecule has 6 nitrogen and oxygen atoms in total. The van der Waals surface area contributed by atoms with Crippen LogP contribution in [0.4, 0.5) is 9.18 Å². The van der Waals surface area contributed by atoms with Gasteiger partial charge in [0.15, 0.2) is 0 Å². The standard InChI is InChI=1S/C23H22ClFN4O2S/c1-23(2,3)31-22(30)29-9-13-4-5-19(25)18(6-13)21-28-12-16(32-21)7-14-10-26-20-17(14)8-15(24)11-27-20/h4-6,8,10-12H,7,9H2,1-3H3,(H,26,27)(H,29,30). The van der Waals surface area contributed by atoms with Gasteiger partial charge in [0.25, 0.3) is 0 Å². The van der Waals surface area contributed by atoms with Gasteiger partial charge in [0.2, 0.25) is 0 Å². The highest BCUT2D eigenvalue weighted by Crippen LogP contribution is 2.31. The molecule has 0 aliphatic heterocycles. The minimum atomic E-state index is -0.582.